The maximum Gasteiger partial charge on any atom is 0.220 e. The summed E-state index contributed by atoms with van der Waals surface area (Å²) < 4.78 is 0. The van der Waals surface area contributed by atoms with E-state index in [1.165, 1.54) is 0 Å². The summed E-state index contributed by atoms with van der Waals surface area (Å²) in [6.07, 6.45) is 1.78. The molecule has 3 unspecified atom stereocenters. The van der Waals surface area contributed by atoms with Gasteiger partial charge in [-0.05, 0) is 25.2 Å². The van der Waals surface area contributed by atoms with Crippen LogP contribution < -0.4 is 10.6 Å². The Morgan fingerprint density at radius 3 is 2.67 bits per heavy atom. The van der Waals surface area contributed by atoms with E-state index in [1.54, 1.807) is 0 Å². The number of hydrogen-bond acceptors (Lipinski definition) is 2. The van der Waals surface area contributed by atoms with Gasteiger partial charge in [0.15, 0.2) is 0 Å². The Morgan fingerprint density at radius 2 is 2.13 bits per heavy atom. The monoisotopic (exact) mass is 212 g/mol. The van der Waals surface area contributed by atoms with Crippen LogP contribution >= 0.6 is 0 Å². The van der Waals surface area contributed by atoms with Crippen LogP contribution in [-0.2, 0) is 4.79 Å². The number of nitrogens with one attached hydrogen (secondary N) is 2. The fourth-order valence-electron chi connectivity index (χ4n) is 2.16. The van der Waals surface area contributed by atoms with E-state index in [1.807, 2.05) is 0 Å². The van der Waals surface area contributed by atoms with Crippen molar-refractivity contribution in [1.82, 2.24) is 10.6 Å². The van der Waals surface area contributed by atoms with E-state index in [2.05, 4.69) is 38.3 Å². The van der Waals surface area contributed by atoms with Gasteiger partial charge in [-0.3, -0.25) is 4.79 Å². The van der Waals surface area contributed by atoms with Gasteiger partial charge in [-0.2, -0.15) is 0 Å². The maximum absolute atomic E-state index is 11.6. The minimum Gasteiger partial charge on any atom is -0.352 e. The van der Waals surface area contributed by atoms with Gasteiger partial charge in [0.2, 0.25) is 5.91 Å². The second-order valence-electron chi connectivity index (χ2n) is 5.29. The summed E-state index contributed by atoms with van der Waals surface area (Å²) >= 11 is 0. The van der Waals surface area contributed by atoms with Crippen molar-refractivity contribution in [2.45, 2.75) is 52.6 Å². The van der Waals surface area contributed by atoms with Gasteiger partial charge in [0.1, 0.15) is 0 Å². The number of carbonyl (C=O) groups is 1. The van der Waals surface area contributed by atoms with Crippen LogP contribution in [0.1, 0.15) is 40.5 Å². The molecule has 1 amide bonds. The van der Waals surface area contributed by atoms with Crippen LogP contribution in [0.4, 0.5) is 0 Å². The van der Waals surface area contributed by atoms with E-state index in [-0.39, 0.29) is 5.91 Å². The Balaban J connectivity index is 2.34. The Morgan fingerprint density at radius 1 is 1.47 bits per heavy atom. The van der Waals surface area contributed by atoms with E-state index in [0.717, 1.165) is 13.0 Å². The van der Waals surface area contributed by atoms with Crippen molar-refractivity contribution in [1.29, 1.82) is 0 Å². The third kappa shape index (κ3) is 4.20. The molecule has 2 N–H and O–H groups in total. The molecule has 3 heteroatoms. The van der Waals surface area contributed by atoms with E-state index in [4.69, 9.17) is 0 Å². The van der Waals surface area contributed by atoms with E-state index in [9.17, 15) is 4.79 Å². The van der Waals surface area contributed by atoms with E-state index in [0.29, 0.717) is 30.3 Å². The Bertz CT molecular complexity index is 216. The van der Waals surface area contributed by atoms with Crippen LogP contribution in [0.3, 0.4) is 0 Å². The quantitative estimate of drug-likeness (QED) is 0.745. The number of carbonyl (C=O) groups excluding carboxylic acids is 1. The molecule has 1 saturated heterocycles. The van der Waals surface area contributed by atoms with Crippen molar-refractivity contribution in [2.75, 3.05) is 6.54 Å². The van der Waals surface area contributed by atoms with Crippen LogP contribution in [0, 0.1) is 11.8 Å². The van der Waals surface area contributed by atoms with Crippen molar-refractivity contribution < 1.29 is 4.79 Å². The summed E-state index contributed by atoms with van der Waals surface area (Å²) in [5.41, 5.74) is 0. The fourth-order valence-corrected chi connectivity index (χ4v) is 2.16. The second kappa shape index (κ2) is 5.50. The van der Waals surface area contributed by atoms with Gasteiger partial charge in [-0.15, -0.1) is 0 Å². The van der Waals surface area contributed by atoms with E-state index < -0.39 is 0 Å². The molecule has 0 aromatic rings. The van der Waals surface area contributed by atoms with Gasteiger partial charge in [0.05, 0.1) is 0 Å². The van der Waals surface area contributed by atoms with Crippen molar-refractivity contribution in [3.8, 4) is 0 Å². The average Bonchev–Trinajstić information content (AvgIpc) is 2.08. The molecule has 0 aromatic heterocycles. The minimum atomic E-state index is 0.193. The molecule has 0 aromatic carbocycles. The highest BCUT2D eigenvalue weighted by atomic mass is 16.1. The molecule has 0 aliphatic carbocycles. The van der Waals surface area contributed by atoms with Crippen molar-refractivity contribution in [3.05, 3.63) is 0 Å². The fraction of sp³-hybridized carbons (Fsp3) is 0.917. The normalized spacial score (nSPS) is 31.7. The van der Waals surface area contributed by atoms with Crippen molar-refractivity contribution in [2.24, 2.45) is 11.8 Å². The summed E-state index contributed by atoms with van der Waals surface area (Å²) in [6, 6.07) is 0.894. The van der Waals surface area contributed by atoms with Crippen LogP contribution in [0.25, 0.3) is 0 Å². The highest BCUT2D eigenvalue weighted by Gasteiger charge is 2.25. The summed E-state index contributed by atoms with van der Waals surface area (Å²) in [5.74, 6) is 1.21. The van der Waals surface area contributed by atoms with Crippen LogP contribution in [-0.4, -0.2) is 24.5 Å². The second-order valence-corrected chi connectivity index (χ2v) is 5.29. The zero-order valence-electron chi connectivity index (χ0n) is 10.3. The smallest absolute Gasteiger partial charge is 0.220 e. The third-order valence-electron chi connectivity index (χ3n) is 3.04. The van der Waals surface area contributed by atoms with Gasteiger partial charge in [0, 0.05) is 25.0 Å². The summed E-state index contributed by atoms with van der Waals surface area (Å²) in [4.78, 5) is 11.6. The van der Waals surface area contributed by atoms with Gasteiger partial charge in [-0.25, -0.2) is 0 Å². The molecule has 15 heavy (non-hydrogen) atoms. The van der Waals surface area contributed by atoms with Gasteiger partial charge in [0.25, 0.3) is 0 Å². The highest BCUT2D eigenvalue weighted by molar-refractivity contribution is 5.76. The van der Waals surface area contributed by atoms with Crippen molar-refractivity contribution >= 4 is 5.91 Å². The highest BCUT2D eigenvalue weighted by Crippen LogP contribution is 2.16. The summed E-state index contributed by atoms with van der Waals surface area (Å²) in [6.45, 7) is 9.47. The molecule has 0 saturated carbocycles. The lowest BCUT2D eigenvalue weighted by Gasteiger charge is -2.34. The third-order valence-corrected chi connectivity index (χ3v) is 3.04. The predicted molar refractivity (Wildman–Crippen MR) is 62.6 cm³/mol. The lowest BCUT2D eigenvalue weighted by Crippen LogP contribution is -2.53. The first-order chi connectivity index (χ1) is 6.99. The van der Waals surface area contributed by atoms with Crippen molar-refractivity contribution in [3.63, 3.8) is 0 Å². The zero-order valence-corrected chi connectivity index (χ0v) is 10.3. The molecular weight excluding hydrogens is 188 g/mol. The SMILES string of the molecule is CC(C)CC(=O)NC1CNC(C)CC1C. The average molecular weight is 212 g/mol. The molecule has 3 nitrogen and oxygen atoms in total. The molecule has 1 aliphatic heterocycles. The largest absolute Gasteiger partial charge is 0.352 e. The lowest BCUT2D eigenvalue weighted by molar-refractivity contribution is -0.123. The lowest BCUT2D eigenvalue weighted by atomic mass is 9.90. The first kappa shape index (κ1) is 12.5. The molecule has 1 heterocycles. The minimum absolute atomic E-state index is 0.193. The molecule has 0 radical (unpaired) electrons. The van der Waals surface area contributed by atoms with Gasteiger partial charge < -0.3 is 10.6 Å². The maximum atomic E-state index is 11.6. The Labute approximate surface area is 93.0 Å². The number of amides is 1. The van der Waals surface area contributed by atoms with Crippen LogP contribution in [0.5, 0.6) is 0 Å². The zero-order chi connectivity index (χ0) is 11.4. The molecule has 1 rings (SSSR count). The van der Waals surface area contributed by atoms with Crippen LogP contribution in [0.2, 0.25) is 0 Å². The summed E-state index contributed by atoms with van der Waals surface area (Å²) in [7, 11) is 0. The number of hydrogen-bond donors (Lipinski definition) is 2. The molecule has 3 atom stereocenters. The van der Waals surface area contributed by atoms with Gasteiger partial charge in [-0.1, -0.05) is 20.8 Å². The Hall–Kier alpha value is -0.570. The topological polar surface area (TPSA) is 41.1 Å². The molecular formula is C12H24N2O. The molecule has 1 aliphatic rings. The van der Waals surface area contributed by atoms with Crippen LogP contribution in [0.15, 0.2) is 0 Å². The number of piperidine rings is 1. The molecule has 1 fully saturated rings. The molecule has 0 spiro atoms. The van der Waals surface area contributed by atoms with E-state index >= 15 is 0 Å². The standard InChI is InChI=1S/C12H24N2O/c1-8(2)5-12(15)14-11-7-13-10(4)6-9(11)3/h8-11,13H,5-7H2,1-4H3,(H,14,15). The summed E-state index contributed by atoms with van der Waals surface area (Å²) in [5, 5.41) is 6.53. The Kier molecular flexibility index (Phi) is 4.58. The first-order valence-corrected chi connectivity index (χ1v) is 6.01. The molecule has 0 bridgehead atoms. The number of rotatable bonds is 3. The van der Waals surface area contributed by atoms with Gasteiger partial charge >= 0.3 is 0 Å². The molecule has 88 valence electrons. The first-order valence-electron chi connectivity index (χ1n) is 6.01. The predicted octanol–water partition coefficient (Wildman–Crippen LogP) is 1.54.